The van der Waals surface area contributed by atoms with Gasteiger partial charge in [0.05, 0.1) is 6.04 Å². The summed E-state index contributed by atoms with van der Waals surface area (Å²) >= 11 is 1.72. The van der Waals surface area contributed by atoms with Crippen LogP contribution in [0.1, 0.15) is 38.3 Å². The number of nitrogens with two attached hydrogens (primary N) is 1. The Morgan fingerprint density at radius 2 is 2.20 bits per heavy atom. The van der Waals surface area contributed by atoms with Crippen LogP contribution in [0.4, 0.5) is 0 Å². The predicted octanol–water partition coefficient (Wildman–Crippen LogP) is 2.08. The molecule has 0 bridgehead atoms. The number of amides is 1. The van der Waals surface area contributed by atoms with Crippen molar-refractivity contribution < 1.29 is 4.79 Å². The van der Waals surface area contributed by atoms with Gasteiger partial charge in [-0.15, -0.1) is 0 Å². The van der Waals surface area contributed by atoms with E-state index in [1.54, 1.807) is 18.3 Å². The maximum atomic E-state index is 11.5. The number of hydrogen-bond donors (Lipinski definition) is 1. The van der Waals surface area contributed by atoms with Gasteiger partial charge < -0.3 is 10.6 Å². The molecule has 20 heavy (non-hydrogen) atoms. The summed E-state index contributed by atoms with van der Waals surface area (Å²) in [5.74, 6) is 0.179. The van der Waals surface area contributed by atoms with Crippen LogP contribution >= 0.6 is 11.3 Å². The fraction of sp³-hybridized carbons (Fsp3) is 0.667. The smallest absolute Gasteiger partial charge is 0.219 e. The molecule has 1 aliphatic heterocycles. The first-order valence-corrected chi connectivity index (χ1v) is 8.35. The summed E-state index contributed by atoms with van der Waals surface area (Å²) in [6.07, 6.45) is 1.99. The minimum Gasteiger partial charge on any atom is -0.342 e. The van der Waals surface area contributed by atoms with Gasteiger partial charge in [-0.1, -0.05) is 6.92 Å². The second-order valence-electron chi connectivity index (χ2n) is 5.47. The van der Waals surface area contributed by atoms with Crippen molar-refractivity contribution in [3.8, 4) is 0 Å². The number of nitrogens with zero attached hydrogens (tertiary/aromatic N) is 2. The topological polar surface area (TPSA) is 49.6 Å². The number of carbonyl (C=O) groups is 1. The van der Waals surface area contributed by atoms with E-state index in [0.717, 1.165) is 39.0 Å². The Bertz CT molecular complexity index is 421. The van der Waals surface area contributed by atoms with E-state index in [9.17, 15) is 4.79 Å². The zero-order valence-corrected chi connectivity index (χ0v) is 13.2. The largest absolute Gasteiger partial charge is 0.342 e. The van der Waals surface area contributed by atoms with Crippen molar-refractivity contribution in [2.45, 2.75) is 38.8 Å². The van der Waals surface area contributed by atoms with Gasteiger partial charge in [-0.3, -0.25) is 9.69 Å². The standard InChI is InChI=1S/C15H25N3OS/c1-3-14(16)15(13-5-10-20-11-13)18-7-4-6-17(8-9-18)12(2)19/h5,10-11,14-15H,3-4,6-9,16H2,1-2H3. The molecule has 0 aromatic carbocycles. The lowest BCUT2D eigenvalue weighted by atomic mass is 9.98. The van der Waals surface area contributed by atoms with E-state index >= 15 is 0 Å². The van der Waals surface area contributed by atoms with Gasteiger partial charge in [0, 0.05) is 39.1 Å². The first-order chi connectivity index (χ1) is 9.63. The lowest BCUT2D eigenvalue weighted by molar-refractivity contribution is -0.128. The van der Waals surface area contributed by atoms with Gasteiger partial charge in [-0.05, 0) is 35.2 Å². The van der Waals surface area contributed by atoms with Gasteiger partial charge in [0.25, 0.3) is 0 Å². The molecule has 0 saturated carbocycles. The van der Waals surface area contributed by atoms with Gasteiger partial charge >= 0.3 is 0 Å². The lowest BCUT2D eigenvalue weighted by Gasteiger charge is -2.34. The molecular formula is C15H25N3OS. The summed E-state index contributed by atoms with van der Waals surface area (Å²) in [5, 5.41) is 4.32. The van der Waals surface area contributed by atoms with Crippen molar-refractivity contribution in [1.82, 2.24) is 9.80 Å². The van der Waals surface area contributed by atoms with Crippen LogP contribution < -0.4 is 5.73 Å². The van der Waals surface area contributed by atoms with Crippen molar-refractivity contribution >= 4 is 17.2 Å². The second kappa shape index (κ2) is 7.20. The quantitative estimate of drug-likeness (QED) is 0.925. The molecule has 4 nitrogen and oxygen atoms in total. The molecule has 2 N–H and O–H groups in total. The Morgan fingerprint density at radius 3 is 2.80 bits per heavy atom. The minimum atomic E-state index is 0.147. The number of thiophene rings is 1. The molecule has 1 fully saturated rings. The normalized spacial score (nSPS) is 20.4. The molecular weight excluding hydrogens is 270 g/mol. The lowest BCUT2D eigenvalue weighted by Crippen LogP contribution is -2.42. The fourth-order valence-electron chi connectivity index (χ4n) is 2.93. The van der Waals surface area contributed by atoms with Crippen molar-refractivity contribution in [2.24, 2.45) is 5.73 Å². The van der Waals surface area contributed by atoms with Crippen LogP contribution in [0.2, 0.25) is 0 Å². The molecule has 0 aliphatic carbocycles. The second-order valence-corrected chi connectivity index (χ2v) is 6.25. The SMILES string of the molecule is CCC(N)C(c1ccsc1)N1CCCN(C(C)=O)CC1. The summed E-state index contributed by atoms with van der Waals surface area (Å²) in [5.41, 5.74) is 7.69. The highest BCUT2D eigenvalue weighted by molar-refractivity contribution is 7.07. The Balaban J connectivity index is 2.11. The fourth-order valence-corrected chi connectivity index (χ4v) is 3.62. The van der Waals surface area contributed by atoms with Gasteiger partial charge in [0.15, 0.2) is 0 Å². The molecule has 5 heteroatoms. The first-order valence-electron chi connectivity index (χ1n) is 7.40. The molecule has 112 valence electrons. The summed E-state index contributed by atoms with van der Waals surface area (Å²) in [6.45, 7) is 7.40. The van der Waals surface area contributed by atoms with Crippen LogP contribution in [0.5, 0.6) is 0 Å². The molecule has 1 aliphatic rings. The third-order valence-corrected chi connectivity index (χ3v) is 4.83. The van der Waals surface area contributed by atoms with E-state index in [4.69, 9.17) is 5.73 Å². The van der Waals surface area contributed by atoms with E-state index in [2.05, 4.69) is 28.7 Å². The number of rotatable bonds is 4. The summed E-state index contributed by atoms with van der Waals surface area (Å²) in [7, 11) is 0. The highest BCUT2D eigenvalue weighted by Gasteiger charge is 2.28. The summed E-state index contributed by atoms with van der Waals surface area (Å²) < 4.78 is 0. The molecule has 1 amide bonds. The highest BCUT2D eigenvalue weighted by Crippen LogP contribution is 2.28. The molecule has 1 aromatic rings. The average Bonchev–Trinajstić information content (AvgIpc) is 2.83. The van der Waals surface area contributed by atoms with Crippen molar-refractivity contribution in [2.75, 3.05) is 26.2 Å². The Kier molecular flexibility index (Phi) is 5.57. The van der Waals surface area contributed by atoms with Crippen LogP contribution in [-0.4, -0.2) is 47.9 Å². The third-order valence-electron chi connectivity index (χ3n) is 4.13. The van der Waals surface area contributed by atoms with E-state index in [0.29, 0.717) is 0 Å². The Morgan fingerprint density at radius 1 is 1.40 bits per heavy atom. The summed E-state index contributed by atoms with van der Waals surface area (Å²) in [6, 6.07) is 2.60. The monoisotopic (exact) mass is 295 g/mol. The zero-order chi connectivity index (χ0) is 14.5. The number of hydrogen-bond acceptors (Lipinski definition) is 4. The third kappa shape index (κ3) is 3.59. The van der Waals surface area contributed by atoms with Gasteiger partial charge in [-0.25, -0.2) is 0 Å². The first kappa shape index (κ1) is 15.5. The van der Waals surface area contributed by atoms with Crippen molar-refractivity contribution in [3.63, 3.8) is 0 Å². The molecule has 2 atom stereocenters. The molecule has 1 saturated heterocycles. The summed E-state index contributed by atoms with van der Waals surface area (Å²) in [4.78, 5) is 15.9. The van der Waals surface area contributed by atoms with E-state index in [1.165, 1.54) is 5.56 Å². The molecule has 1 aromatic heterocycles. The maximum Gasteiger partial charge on any atom is 0.219 e. The zero-order valence-electron chi connectivity index (χ0n) is 12.4. The molecule has 0 spiro atoms. The van der Waals surface area contributed by atoms with Crippen LogP contribution in [0.15, 0.2) is 16.8 Å². The van der Waals surface area contributed by atoms with E-state index < -0.39 is 0 Å². The highest BCUT2D eigenvalue weighted by atomic mass is 32.1. The predicted molar refractivity (Wildman–Crippen MR) is 83.8 cm³/mol. The van der Waals surface area contributed by atoms with Crippen molar-refractivity contribution in [1.29, 1.82) is 0 Å². The average molecular weight is 295 g/mol. The number of carbonyl (C=O) groups excluding carboxylic acids is 1. The van der Waals surface area contributed by atoms with Gasteiger partial charge in [-0.2, -0.15) is 11.3 Å². The molecule has 0 radical (unpaired) electrons. The van der Waals surface area contributed by atoms with Gasteiger partial charge in [0.2, 0.25) is 5.91 Å². The van der Waals surface area contributed by atoms with Crippen LogP contribution in [0.3, 0.4) is 0 Å². The van der Waals surface area contributed by atoms with Gasteiger partial charge in [0.1, 0.15) is 0 Å². The molecule has 2 unspecified atom stereocenters. The maximum absolute atomic E-state index is 11.5. The van der Waals surface area contributed by atoms with Crippen LogP contribution in [0.25, 0.3) is 0 Å². The van der Waals surface area contributed by atoms with E-state index in [-0.39, 0.29) is 18.0 Å². The minimum absolute atomic E-state index is 0.147. The molecule has 2 rings (SSSR count). The Hall–Kier alpha value is -0.910. The van der Waals surface area contributed by atoms with Crippen molar-refractivity contribution in [3.05, 3.63) is 22.4 Å². The Labute approximate surface area is 125 Å². The molecule has 2 heterocycles. The van der Waals surface area contributed by atoms with Crippen LogP contribution in [-0.2, 0) is 4.79 Å². The van der Waals surface area contributed by atoms with Crippen LogP contribution in [0, 0.1) is 0 Å². The van der Waals surface area contributed by atoms with E-state index in [1.807, 2.05) is 4.90 Å².